The van der Waals surface area contributed by atoms with Crippen LogP contribution in [-0.4, -0.2) is 52.1 Å². The number of hydrogen-bond donors (Lipinski definition) is 2. The van der Waals surface area contributed by atoms with Gasteiger partial charge in [-0.05, 0) is 70.5 Å². The second kappa shape index (κ2) is 7.32. The van der Waals surface area contributed by atoms with Gasteiger partial charge in [0.25, 0.3) is 0 Å². The van der Waals surface area contributed by atoms with E-state index in [1.54, 1.807) is 0 Å². The van der Waals surface area contributed by atoms with Gasteiger partial charge in [-0.2, -0.15) is 0 Å². The number of nitrogens with one attached hydrogen (secondary N) is 2. The van der Waals surface area contributed by atoms with Crippen molar-refractivity contribution >= 4 is 17.3 Å². The molecule has 24 heavy (non-hydrogen) atoms. The number of hydrogen-bond acceptors (Lipinski definition) is 3. The average molecular weight is 344 g/mol. The summed E-state index contributed by atoms with van der Waals surface area (Å²) in [5, 5.41) is 4.28. The summed E-state index contributed by atoms with van der Waals surface area (Å²) in [6, 6.07) is 10.5. The fourth-order valence-corrected chi connectivity index (χ4v) is 3.57. The summed E-state index contributed by atoms with van der Waals surface area (Å²) in [6.07, 6.45) is 2.91. The Kier molecular flexibility index (Phi) is 5.16. The fraction of sp³-hybridized carbons (Fsp3) is 0.444. The Bertz CT molecular complexity index is 682. The van der Waals surface area contributed by atoms with E-state index in [9.17, 15) is 0 Å². The molecule has 0 saturated carbocycles. The SMILES string of the molecule is Cc1ccc([C@H]2[C@@H](c3ccccn3)NC(=S)N2CCCN(C)C)[nH]1. The fourth-order valence-electron chi connectivity index (χ4n) is 3.24. The first-order valence-corrected chi connectivity index (χ1v) is 8.75. The van der Waals surface area contributed by atoms with Crippen LogP contribution in [0.25, 0.3) is 0 Å². The number of thiocarbonyl (C=S) groups is 1. The number of nitrogens with zero attached hydrogens (tertiary/aromatic N) is 3. The van der Waals surface area contributed by atoms with Crippen LogP contribution >= 0.6 is 12.2 Å². The van der Waals surface area contributed by atoms with Crippen LogP contribution in [0.4, 0.5) is 0 Å². The van der Waals surface area contributed by atoms with Crippen molar-refractivity contribution < 1.29 is 0 Å². The van der Waals surface area contributed by atoms with Crippen LogP contribution in [0.15, 0.2) is 36.5 Å². The largest absolute Gasteiger partial charge is 0.361 e. The minimum atomic E-state index is 0.0658. The first-order valence-electron chi connectivity index (χ1n) is 8.34. The quantitative estimate of drug-likeness (QED) is 0.790. The van der Waals surface area contributed by atoms with Crippen molar-refractivity contribution in [3.63, 3.8) is 0 Å². The van der Waals surface area contributed by atoms with Crippen molar-refractivity contribution in [2.24, 2.45) is 0 Å². The summed E-state index contributed by atoms with van der Waals surface area (Å²) >= 11 is 5.64. The van der Waals surface area contributed by atoms with E-state index in [1.807, 2.05) is 18.3 Å². The highest BCUT2D eigenvalue weighted by Crippen LogP contribution is 2.37. The van der Waals surface area contributed by atoms with Crippen molar-refractivity contribution in [2.75, 3.05) is 27.2 Å². The van der Waals surface area contributed by atoms with Gasteiger partial charge in [-0.15, -0.1) is 0 Å². The van der Waals surface area contributed by atoms with Crippen LogP contribution in [0.2, 0.25) is 0 Å². The van der Waals surface area contributed by atoms with Crippen LogP contribution in [-0.2, 0) is 0 Å². The van der Waals surface area contributed by atoms with Gasteiger partial charge < -0.3 is 20.1 Å². The Morgan fingerprint density at radius 2 is 2.08 bits per heavy atom. The first kappa shape index (κ1) is 16.9. The van der Waals surface area contributed by atoms with Crippen molar-refractivity contribution in [2.45, 2.75) is 25.4 Å². The topological polar surface area (TPSA) is 47.2 Å². The highest BCUT2D eigenvalue weighted by atomic mass is 32.1. The van der Waals surface area contributed by atoms with E-state index in [0.717, 1.165) is 36.0 Å². The lowest BCUT2D eigenvalue weighted by atomic mass is 10.0. The monoisotopic (exact) mass is 343 g/mol. The molecule has 5 nitrogen and oxygen atoms in total. The maximum Gasteiger partial charge on any atom is 0.170 e. The van der Waals surface area contributed by atoms with E-state index in [2.05, 4.69) is 64.3 Å². The predicted molar refractivity (Wildman–Crippen MR) is 101 cm³/mol. The molecule has 0 unspecified atom stereocenters. The normalized spacial score (nSPS) is 20.7. The summed E-state index contributed by atoms with van der Waals surface area (Å²) in [5.41, 5.74) is 3.36. The molecular formula is C18H25N5S. The smallest absolute Gasteiger partial charge is 0.170 e. The Morgan fingerprint density at radius 3 is 2.71 bits per heavy atom. The molecule has 2 N–H and O–H groups in total. The van der Waals surface area contributed by atoms with Gasteiger partial charge in [0.1, 0.15) is 0 Å². The van der Waals surface area contributed by atoms with Gasteiger partial charge in [0.15, 0.2) is 5.11 Å². The Labute approximate surface area is 149 Å². The average Bonchev–Trinajstić information content (AvgIpc) is 3.12. The van der Waals surface area contributed by atoms with Crippen LogP contribution in [0, 0.1) is 6.92 Å². The van der Waals surface area contributed by atoms with Crippen molar-refractivity contribution in [3.8, 4) is 0 Å². The lowest BCUT2D eigenvalue weighted by Gasteiger charge is -2.27. The predicted octanol–water partition coefficient (Wildman–Crippen LogP) is 2.64. The van der Waals surface area contributed by atoms with Gasteiger partial charge in [-0.25, -0.2) is 0 Å². The lowest BCUT2D eigenvalue weighted by molar-refractivity contribution is 0.289. The van der Waals surface area contributed by atoms with Gasteiger partial charge >= 0.3 is 0 Å². The standard InChI is InChI=1S/C18H25N5S/c1-13-8-9-15(20-13)17-16(14-7-4-5-10-19-14)21-18(24)23(17)12-6-11-22(2)3/h4-5,7-10,16-17,20H,6,11-12H2,1-3H3,(H,21,24)/t16-,17+/m1/s1. The van der Waals surface area contributed by atoms with E-state index < -0.39 is 0 Å². The molecule has 0 bridgehead atoms. The molecule has 2 aromatic rings. The minimum absolute atomic E-state index is 0.0658. The van der Waals surface area contributed by atoms with Crippen LogP contribution in [0.5, 0.6) is 0 Å². The van der Waals surface area contributed by atoms with Gasteiger partial charge in [0, 0.05) is 24.1 Å². The van der Waals surface area contributed by atoms with Crippen molar-refractivity contribution in [1.29, 1.82) is 0 Å². The van der Waals surface area contributed by atoms with Gasteiger partial charge in [-0.1, -0.05) is 6.07 Å². The summed E-state index contributed by atoms with van der Waals surface area (Å²) in [5.74, 6) is 0. The second-order valence-electron chi connectivity index (χ2n) is 6.57. The second-order valence-corrected chi connectivity index (χ2v) is 6.96. The highest BCUT2D eigenvalue weighted by molar-refractivity contribution is 7.80. The van der Waals surface area contributed by atoms with Crippen LogP contribution in [0.1, 0.15) is 35.6 Å². The Balaban J connectivity index is 1.88. The third-order valence-corrected chi connectivity index (χ3v) is 4.73. The summed E-state index contributed by atoms with van der Waals surface area (Å²) in [7, 11) is 4.20. The molecule has 2 atom stereocenters. The number of aromatic amines is 1. The molecular weight excluding hydrogens is 318 g/mol. The Morgan fingerprint density at radius 1 is 1.25 bits per heavy atom. The molecule has 2 aromatic heterocycles. The number of aryl methyl sites for hydroxylation is 1. The molecule has 3 heterocycles. The Hall–Kier alpha value is -1.92. The van der Waals surface area contributed by atoms with Gasteiger partial charge in [0.05, 0.1) is 17.8 Å². The molecule has 1 aliphatic heterocycles. The summed E-state index contributed by atoms with van der Waals surface area (Å²) < 4.78 is 0. The first-order chi connectivity index (χ1) is 11.6. The molecule has 0 amide bonds. The summed E-state index contributed by atoms with van der Waals surface area (Å²) in [6.45, 7) is 4.05. The lowest BCUT2D eigenvalue weighted by Crippen LogP contribution is -2.32. The van der Waals surface area contributed by atoms with E-state index in [4.69, 9.17) is 12.2 Å². The molecule has 0 aromatic carbocycles. The van der Waals surface area contributed by atoms with E-state index in [0.29, 0.717) is 0 Å². The molecule has 6 heteroatoms. The van der Waals surface area contributed by atoms with Crippen molar-refractivity contribution in [3.05, 3.63) is 53.6 Å². The van der Waals surface area contributed by atoms with Gasteiger partial charge in [0.2, 0.25) is 0 Å². The molecule has 128 valence electrons. The molecule has 3 rings (SSSR count). The molecule has 0 aliphatic carbocycles. The van der Waals surface area contributed by atoms with Crippen molar-refractivity contribution in [1.82, 2.24) is 25.1 Å². The van der Waals surface area contributed by atoms with Gasteiger partial charge in [-0.3, -0.25) is 4.98 Å². The number of rotatable bonds is 6. The van der Waals surface area contributed by atoms with E-state index >= 15 is 0 Å². The molecule has 1 fully saturated rings. The maximum absolute atomic E-state index is 5.64. The molecule has 1 saturated heterocycles. The maximum atomic E-state index is 5.64. The highest BCUT2D eigenvalue weighted by Gasteiger charge is 2.40. The zero-order valence-electron chi connectivity index (χ0n) is 14.5. The zero-order chi connectivity index (χ0) is 17.1. The number of H-pyrrole nitrogens is 1. The number of aromatic nitrogens is 2. The third kappa shape index (κ3) is 3.60. The zero-order valence-corrected chi connectivity index (χ0v) is 15.3. The van der Waals surface area contributed by atoms with Crippen LogP contribution < -0.4 is 5.32 Å². The van der Waals surface area contributed by atoms with E-state index in [-0.39, 0.29) is 12.1 Å². The minimum Gasteiger partial charge on any atom is -0.361 e. The third-order valence-electron chi connectivity index (χ3n) is 4.38. The molecule has 0 spiro atoms. The van der Waals surface area contributed by atoms with Crippen LogP contribution in [0.3, 0.4) is 0 Å². The molecule has 1 aliphatic rings. The number of pyridine rings is 1. The molecule has 0 radical (unpaired) electrons. The van der Waals surface area contributed by atoms with E-state index in [1.165, 1.54) is 5.69 Å². The summed E-state index contributed by atoms with van der Waals surface area (Å²) in [4.78, 5) is 12.5.